The second kappa shape index (κ2) is 9.35. The predicted molar refractivity (Wildman–Crippen MR) is 99.7 cm³/mol. The lowest BCUT2D eigenvalue weighted by Gasteiger charge is -2.22. The number of rotatable bonds is 9. The van der Waals surface area contributed by atoms with Gasteiger partial charge in [0.15, 0.2) is 0 Å². The first-order chi connectivity index (χ1) is 11.2. The van der Waals surface area contributed by atoms with Crippen LogP contribution in [0.4, 0.5) is 0 Å². The molecule has 0 bridgehead atoms. The van der Waals surface area contributed by atoms with Crippen LogP contribution in [0.15, 0.2) is 60.7 Å². The van der Waals surface area contributed by atoms with Crippen molar-refractivity contribution in [1.29, 1.82) is 0 Å². The summed E-state index contributed by atoms with van der Waals surface area (Å²) in [6, 6.07) is 20.8. The minimum Gasteiger partial charge on any atom is -0.309 e. The molecular formula is C18H24O3P2. The summed E-state index contributed by atoms with van der Waals surface area (Å²) in [7, 11) is -3.57. The molecule has 0 N–H and O–H groups in total. The van der Waals surface area contributed by atoms with Crippen LogP contribution in [-0.4, -0.2) is 25.5 Å². The number of benzene rings is 2. The van der Waals surface area contributed by atoms with Crippen LogP contribution >= 0.6 is 15.5 Å². The van der Waals surface area contributed by atoms with E-state index < -0.39 is 15.5 Å². The minimum absolute atomic E-state index is 0.409. The molecule has 0 saturated heterocycles. The molecule has 0 amide bonds. The molecule has 2 rings (SSSR count). The van der Waals surface area contributed by atoms with Crippen molar-refractivity contribution in [2.75, 3.05) is 25.5 Å². The first kappa shape index (κ1) is 18.4. The Morgan fingerprint density at radius 2 is 1.26 bits per heavy atom. The fraction of sp³-hybridized carbons (Fsp3) is 0.333. The molecule has 0 radical (unpaired) electrons. The predicted octanol–water partition coefficient (Wildman–Crippen LogP) is 4.39. The third-order valence-electron chi connectivity index (χ3n) is 3.38. The molecule has 0 spiro atoms. The van der Waals surface area contributed by atoms with Crippen LogP contribution in [0.25, 0.3) is 0 Å². The normalized spacial score (nSPS) is 11.8. The van der Waals surface area contributed by atoms with Crippen molar-refractivity contribution in [2.45, 2.75) is 13.8 Å². The first-order valence-electron chi connectivity index (χ1n) is 7.94. The largest absolute Gasteiger partial charge is 0.331 e. The Labute approximate surface area is 140 Å². The highest BCUT2D eigenvalue weighted by Gasteiger charge is 2.26. The molecule has 23 heavy (non-hydrogen) atoms. The van der Waals surface area contributed by atoms with Crippen molar-refractivity contribution in [2.24, 2.45) is 0 Å². The van der Waals surface area contributed by atoms with Gasteiger partial charge in [0.1, 0.15) is 0 Å². The van der Waals surface area contributed by atoms with Gasteiger partial charge in [-0.25, -0.2) is 0 Å². The SMILES string of the molecule is CCOP(=O)(CCP(c1ccccc1)c1ccccc1)OCC. The Bertz CT molecular complexity index is 567. The highest BCUT2D eigenvalue weighted by atomic mass is 31.2. The van der Waals surface area contributed by atoms with Crippen molar-refractivity contribution >= 4 is 26.1 Å². The van der Waals surface area contributed by atoms with Crippen molar-refractivity contribution in [3.8, 4) is 0 Å². The quantitative estimate of drug-likeness (QED) is 0.630. The lowest BCUT2D eigenvalue weighted by atomic mass is 10.4. The molecule has 0 unspecified atom stereocenters. The fourth-order valence-corrected chi connectivity index (χ4v) is 7.18. The summed E-state index contributed by atoms with van der Waals surface area (Å²) in [5.41, 5.74) is 0. The average molecular weight is 350 g/mol. The summed E-state index contributed by atoms with van der Waals surface area (Å²) < 4.78 is 23.6. The van der Waals surface area contributed by atoms with Gasteiger partial charge in [-0.15, -0.1) is 0 Å². The average Bonchev–Trinajstić information content (AvgIpc) is 2.57. The lowest BCUT2D eigenvalue weighted by Crippen LogP contribution is -2.16. The maximum absolute atomic E-state index is 12.7. The first-order valence-corrected chi connectivity index (χ1v) is 11.2. The smallest absolute Gasteiger partial charge is 0.309 e. The Balaban J connectivity index is 2.20. The molecule has 0 aliphatic heterocycles. The summed E-state index contributed by atoms with van der Waals surface area (Å²) in [6.07, 6.45) is 1.24. The molecule has 0 atom stereocenters. The molecule has 0 saturated carbocycles. The number of hydrogen-bond acceptors (Lipinski definition) is 3. The highest BCUT2D eigenvalue weighted by molar-refractivity contribution is 7.73. The Hall–Kier alpha value is -0.980. The van der Waals surface area contributed by atoms with Gasteiger partial charge in [0.2, 0.25) is 0 Å². The summed E-state index contributed by atoms with van der Waals surface area (Å²) in [6.45, 7) is 4.52. The maximum atomic E-state index is 12.7. The van der Waals surface area contributed by atoms with E-state index in [1.807, 2.05) is 26.0 Å². The van der Waals surface area contributed by atoms with Gasteiger partial charge in [0.25, 0.3) is 0 Å². The van der Waals surface area contributed by atoms with Crippen molar-refractivity contribution in [3.63, 3.8) is 0 Å². The van der Waals surface area contributed by atoms with Crippen LogP contribution in [-0.2, 0) is 13.6 Å². The molecule has 0 aliphatic rings. The van der Waals surface area contributed by atoms with Gasteiger partial charge in [0, 0.05) is 0 Å². The van der Waals surface area contributed by atoms with Gasteiger partial charge >= 0.3 is 7.60 Å². The van der Waals surface area contributed by atoms with Crippen molar-refractivity contribution in [1.82, 2.24) is 0 Å². The van der Waals surface area contributed by atoms with Gasteiger partial charge in [-0.2, -0.15) is 0 Å². The van der Waals surface area contributed by atoms with E-state index in [2.05, 4.69) is 48.5 Å². The van der Waals surface area contributed by atoms with Crippen LogP contribution < -0.4 is 10.6 Å². The standard InChI is InChI=1S/C18H24O3P2/c1-3-20-23(19,21-4-2)16-15-22(17-11-7-5-8-12-17)18-13-9-6-10-14-18/h5-14H,3-4,15-16H2,1-2H3. The number of hydrogen-bond donors (Lipinski definition) is 0. The molecule has 2 aromatic carbocycles. The van der Waals surface area contributed by atoms with E-state index in [0.29, 0.717) is 19.4 Å². The zero-order valence-corrected chi connectivity index (χ0v) is 15.5. The summed E-state index contributed by atoms with van der Waals surface area (Å²) >= 11 is 0. The van der Waals surface area contributed by atoms with Gasteiger partial charge < -0.3 is 9.05 Å². The molecule has 3 nitrogen and oxygen atoms in total. The molecular weight excluding hydrogens is 326 g/mol. The zero-order chi connectivity index (χ0) is 16.5. The fourth-order valence-electron chi connectivity index (χ4n) is 2.41. The molecule has 0 fully saturated rings. The van der Waals surface area contributed by atoms with Crippen molar-refractivity contribution in [3.05, 3.63) is 60.7 Å². The van der Waals surface area contributed by atoms with Crippen LogP contribution in [0.5, 0.6) is 0 Å². The topological polar surface area (TPSA) is 35.5 Å². The molecule has 0 aliphatic carbocycles. The third-order valence-corrected chi connectivity index (χ3v) is 8.33. The molecule has 124 valence electrons. The Morgan fingerprint density at radius 1 is 0.826 bits per heavy atom. The minimum atomic E-state index is -3.00. The zero-order valence-electron chi connectivity index (χ0n) is 13.7. The molecule has 0 aromatic heterocycles. The van der Waals surface area contributed by atoms with E-state index in [0.717, 1.165) is 6.16 Å². The van der Waals surface area contributed by atoms with E-state index in [-0.39, 0.29) is 0 Å². The Morgan fingerprint density at radius 3 is 1.65 bits per heavy atom. The van der Waals surface area contributed by atoms with Gasteiger partial charge in [-0.3, -0.25) is 4.57 Å². The summed E-state index contributed by atoms with van der Waals surface area (Å²) in [5.74, 6) is 0. The van der Waals surface area contributed by atoms with E-state index in [9.17, 15) is 4.57 Å². The summed E-state index contributed by atoms with van der Waals surface area (Å²) in [5, 5.41) is 2.57. The molecule has 5 heteroatoms. The Kier molecular flexibility index (Phi) is 7.46. The van der Waals surface area contributed by atoms with Crippen LogP contribution in [0, 0.1) is 0 Å². The second-order valence-corrected chi connectivity index (χ2v) is 9.51. The lowest BCUT2D eigenvalue weighted by molar-refractivity contribution is 0.221. The maximum Gasteiger partial charge on any atom is 0.331 e. The van der Waals surface area contributed by atoms with Crippen LogP contribution in [0.2, 0.25) is 0 Å². The van der Waals surface area contributed by atoms with Crippen LogP contribution in [0.1, 0.15) is 13.8 Å². The highest BCUT2D eigenvalue weighted by Crippen LogP contribution is 2.50. The van der Waals surface area contributed by atoms with Crippen molar-refractivity contribution < 1.29 is 13.6 Å². The van der Waals surface area contributed by atoms with E-state index in [4.69, 9.17) is 9.05 Å². The van der Waals surface area contributed by atoms with E-state index >= 15 is 0 Å². The molecule has 2 aromatic rings. The third kappa shape index (κ3) is 5.55. The van der Waals surface area contributed by atoms with Crippen LogP contribution in [0.3, 0.4) is 0 Å². The second-order valence-electron chi connectivity index (χ2n) is 4.99. The van der Waals surface area contributed by atoms with E-state index in [1.54, 1.807) is 0 Å². The van der Waals surface area contributed by atoms with Gasteiger partial charge in [-0.05, 0) is 38.5 Å². The monoisotopic (exact) mass is 350 g/mol. The molecule has 0 heterocycles. The summed E-state index contributed by atoms with van der Waals surface area (Å²) in [4.78, 5) is 0. The van der Waals surface area contributed by atoms with Gasteiger partial charge in [0.05, 0.1) is 19.4 Å². The van der Waals surface area contributed by atoms with Gasteiger partial charge in [-0.1, -0.05) is 60.7 Å². The van der Waals surface area contributed by atoms with E-state index in [1.165, 1.54) is 10.6 Å².